The van der Waals surface area contributed by atoms with E-state index in [-0.39, 0.29) is 12.0 Å². The zero-order valence-electron chi connectivity index (χ0n) is 16.6. The molecule has 28 heavy (non-hydrogen) atoms. The van der Waals surface area contributed by atoms with Crippen LogP contribution in [0, 0.1) is 0 Å². The second-order valence-electron chi connectivity index (χ2n) is 7.51. The number of ether oxygens (including phenoxy) is 1. The predicted molar refractivity (Wildman–Crippen MR) is 111 cm³/mol. The topological polar surface area (TPSA) is 47.4 Å². The molecule has 1 aromatic heterocycles. The van der Waals surface area contributed by atoms with E-state index in [1.54, 1.807) is 0 Å². The van der Waals surface area contributed by atoms with Gasteiger partial charge in [-0.25, -0.2) is 0 Å². The Bertz CT molecular complexity index is 962. The van der Waals surface area contributed by atoms with E-state index in [9.17, 15) is 4.79 Å². The van der Waals surface area contributed by atoms with E-state index < -0.39 is 0 Å². The Labute approximate surface area is 165 Å². The van der Waals surface area contributed by atoms with Gasteiger partial charge in [0.2, 0.25) is 0 Å². The monoisotopic (exact) mass is 377 g/mol. The quantitative estimate of drug-likeness (QED) is 0.667. The van der Waals surface area contributed by atoms with E-state index in [2.05, 4.69) is 30.2 Å². The molecular formula is C23H27N3O2. The maximum atomic E-state index is 12.9. The summed E-state index contributed by atoms with van der Waals surface area (Å²) in [7, 11) is 1.95. The summed E-state index contributed by atoms with van der Waals surface area (Å²) in [6, 6.07) is 14.2. The number of hydrogen-bond donors (Lipinski definition) is 0. The van der Waals surface area contributed by atoms with Gasteiger partial charge in [-0.15, -0.1) is 0 Å². The van der Waals surface area contributed by atoms with Crippen molar-refractivity contribution in [3.63, 3.8) is 0 Å². The number of amides is 1. The van der Waals surface area contributed by atoms with E-state index in [0.29, 0.717) is 6.54 Å². The fraction of sp³-hybridized carbons (Fsp3) is 0.391. The lowest BCUT2D eigenvalue weighted by Crippen LogP contribution is -2.43. The number of likely N-dealkylation sites (tertiary alicyclic amines) is 1. The van der Waals surface area contributed by atoms with Crippen LogP contribution in [0.4, 0.5) is 0 Å². The molecule has 5 nitrogen and oxygen atoms in total. The zero-order valence-corrected chi connectivity index (χ0v) is 16.6. The van der Waals surface area contributed by atoms with Crippen LogP contribution in [0.3, 0.4) is 0 Å². The van der Waals surface area contributed by atoms with Crippen molar-refractivity contribution in [3.8, 4) is 11.1 Å². The van der Waals surface area contributed by atoms with Gasteiger partial charge in [0.25, 0.3) is 5.91 Å². The number of benzene rings is 2. The molecule has 146 valence electrons. The first kappa shape index (κ1) is 18.7. The van der Waals surface area contributed by atoms with Crippen molar-refractivity contribution in [2.24, 2.45) is 7.05 Å². The van der Waals surface area contributed by atoms with Crippen LogP contribution < -0.4 is 0 Å². The van der Waals surface area contributed by atoms with Crippen LogP contribution >= 0.6 is 0 Å². The zero-order chi connectivity index (χ0) is 19.5. The summed E-state index contributed by atoms with van der Waals surface area (Å²) in [5.41, 5.74) is 4.08. The number of aromatic nitrogens is 2. The lowest BCUT2D eigenvalue weighted by Gasteiger charge is -2.32. The summed E-state index contributed by atoms with van der Waals surface area (Å²) >= 11 is 0. The largest absolute Gasteiger partial charge is 0.376 e. The Morgan fingerprint density at radius 1 is 1.18 bits per heavy atom. The summed E-state index contributed by atoms with van der Waals surface area (Å²) in [6.07, 6.45) is 5.10. The number of carbonyl (C=O) groups is 1. The number of rotatable bonds is 5. The number of carbonyl (C=O) groups excluding carboxylic acids is 1. The molecule has 0 bridgehead atoms. The Kier molecular flexibility index (Phi) is 5.44. The van der Waals surface area contributed by atoms with Gasteiger partial charge in [0.1, 0.15) is 0 Å². The minimum Gasteiger partial charge on any atom is -0.376 e. The van der Waals surface area contributed by atoms with E-state index in [1.165, 1.54) is 0 Å². The lowest BCUT2D eigenvalue weighted by molar-refractivity contribution is 0.00211. The molecule has 1 saturated heterocycles. The highest BCUT2D eigenvalue weighted by molar-refractivity contribution is 5.95. The van der Waals surface area contributed by atoms with Gasteiger partial charge in [-0.3, -0.25) is 9.48 Å². The molecule has 3 aromatic rings. The molecule has 2 aromatic carbocycles. The SMILES string of the molecule is CCCOC1CCCN(C(=O)c2ccc(-c3ccc4c(cnn4C)c3)cc2)C1. The molecule has 0 aliphatic carbocycles. The summed E-state index contributed by atoms with van der Waals surface area (Å²) in [5, 5.41) is 5.42. The molecular weight excluding hydrogens is 350 g/mol. The summed E-state index contributed by atoms with van der Waals surface area (Å²) < 4.78 is 7.73. The third-order valence-corrected chi connectivity index (χ3v) is 5.43. The maximum absolute atomic E-state index is 12.9. The van der Waals surface area contributed by atoms with Crippen molar-refractivity contribution in [1.82, 2.24) is 14.7 Å². The lowest BCUT2D eigenvalue weighted by atomic mass is 10.0. The smallest absolute Gasteiger partial charge is 0.253 e. The van der Waals surface area contributed by atoms with Crippen molar-refractivity contribution in [2.75, 3.05) is 19.7 Å². The van der Waals surface area contributed by atoms with Crippen molar-refractivity contribution in [1.29, 1.82) is 0 Å². The van der Waals surface area contributed by atoms with Gasteiger partial charge in [-0.2, -0.15) is 5.10 Å². The van der Waals surface area contributed by atoms with Crippen molar-refractivity contribution in [2.45, 2.75) is 32.3 Å². The molecule has 1 aliphatic rings. The second kappa shape index (κ2) is 8.15. The average molecular weight is 377 g/mol. The standard InChI is InChI=1S/C23H27N3O2/c1-3-13-28-21-5-4-12-26(16-21)23(27)18-8-6-17(7-9-18)19-10-11-22-20(14-19)15-24-25(22)2/h6-11,14-15,21H,3-5,12-13,16H2,1-2H3. The van der Waals surface area contributed by atoms with Crippen LogP contribution in [0.5, 0.6) is 0 Å². The first-order valence-electron chi connectivity index (χ1n) is 10.1. The van der Waals surface area contributed by atoms with E-state index in [0.717, 1.165) is 60.0 Å². The second-order valence-corrected chi connectivity index (χ2v) is 7.51. The van der Waals surface area contributed by atoms with Gasteiger partial charge in [0.15, 0.2) is 0 Å². The van der Waals surface area contributed by atoms with Crippen LogP contribution in [0.15, 0.2) is 48.7 Å². The molecule has 1 aliphatic heterocycles. The first-order chi connectivity index (χ1) is 13.7. The van der Waals surface area contributed by atoms with Gasteiger partial charge in [-0.05, 0) is 54.7 Å². The van der Waals surface area contributed by atoms with Crippen LogP contribution in [-0.2, 0) is 11.8 Å². The van der Waals surface area contributed by atoms with Gasteiger partial charge in [-0.1, -0.05) is 25.1 Å². The Balaban J connectivity index is 1.48. The highest BCUT2D eigenvalue weighted by Crippen LogP contribution is 2.25. The molecule has 4 rings (SSSR count). The number of hydrogen-bond acceptors (Lipinski definition) is 3. The molecule has 0 N–H and O–H groups in total. The third-order valence-electron chi connectivity index (χ3n) is 5.43. The van der Waals surface area contributed by atoms with Crippen molar-refractivity contribution in [3.05, 3.63) is 54.2 Å². The first-order valence-corrected chi connectivity index (χ1v) is 10.1. The highest BCUT2D eigenvalue weighted by Gasteiger charge is 2.24. The third kappa shape index (κ3) is 3.80. The normalized spacial score (nSPS) is 17.2. The highest BCUT2D eigenvalue weighted by atomic mass is 16.5. The average Bonchev–Trinajstić information content (AvgIpc) is 3.12. The molecule has 0 radical (unpaired) electrons. The summed E-state index contributed by atoms with van der Waals surface area (Å²) in [6.45, 7) is 4.38. The van der Waals surface area contributed by atoms with Crippen molar-refractivity contribution >= 4 is 16.8 Å². The predicted octanol–water partition coefficient (Wildman–Crippen LogP) is 4.27. The fourth-order valence-electron chi connectivity index (χ4n) is 3.87. The molecule has 1 fully saturated rings. The molecule has 0 saturated carbocycles. The summed E-state index contributed by atoms with van der Waals surface area (Å²) in [5.74, 6) is 0.0964. The Hall–Kier alpha value is -2.66. The van der Waals surface area contributed by atoms with E-state index in [1.807, 2.05) is 47.1 Å². The minimum absolute atomic E-state index is 0.0964. The molecule has 0 spiro atoms. The maximum Gasteiger partial charge on any atom is 0.253 e. The number of piperidine rings is 1. The number of aryl methyl sites for hydroxylation is 1. The fourth-order valence-corrected chi connectivity index (χ4v) is 3.87. The van der Waals surface area contributed by atoms with Crippen molar-refractivity contribution < 1.29 is 9.53 Å². The van der Waals surface area contributed by atoms with Gasteiger partial charge in [0.05, 0.1) is 17.8 Å². The summed E-state index contributed by atoms with van der Waals surface area (Å²) in [4.78, 5) is 14.8. The van der Waals surface area contributed by atoms with Crippen LogP contribution in [-0.4, -0.2) is 46.4 Å². The minimum atomic E-state index is 0.0964. The van der Waals surface area contributed by atoms with E-state index in [4.69, 9.17) is 4.74 Å². The molecule has 1 unspecified atom stereocenters. The van der Waals surface area contributed by atoms with Crippen LogP contribution in [0.25, 0.3) is 22.0 Å². The number of nitrogens with zero attached hydrogens (tertiary/aromatic N) is 3. The van der Waals surface area contributed by atoms with E-state index >= 15 is 0 Å². The van der Waals surface area contributed by atoms with Gasteiger partial charge >= 0.3 is 0 Å². The molecule has 2 heterocycles. The number of fused-ring (bicyclic) bond motifs is 1. The van der Waals surface area contributed by atoms with Gasteiger partial charge in [0, 0.05) is 37.7 Å². The molecule has 5 heteroatoms. The molecule has 1 atom stereocenters. The van der Waals surface area contributed by atoms with Crippen LogP contribution in [0.1, 0.15) is 36.5 Å². The Morgan fingerprint density at radius 3 is 2.75 bits per heavy atom. The molecule has 1 amide bonds. The van der Waals surface area contributed by atoms with Crippen LogP contribution in [0.2, 0.25) is 0 Å². The van der Waals surface area contributed by atoms with Gasteiger partial charge < -0.3 is 9.64 Å². The Morgan fingerprint density at radius 2 is 1.96 bits per heavy atom.